The van der Waals surface area contributed by atoms with Gasteiger partial charge in [-0.3, -0.25) is 4.79 Å². The van der Waals surface area contributed by atoms with Crippen molar-refractivity contribution >= 4 is 11.7 Å². The van der Waals surface area contributed by atoms with Gasteiger partial charge in [0.15, 0.2) is 12.1 Å². The van der Waals surface area contributed by atoms with E-state index < -0.39 is 0 Å². The largest absolute Gasteiger partial charge is 0.350 e. The molecule has 2 aromatic rings. The van der Waals surface area contributed by atoms with E-state index in [0.717, 1.165) is 24.5 Å². The fourth-order valence-corrected chi connectivity index (χ4v) is 3.32. The zero-order valence-corrected chi connectivity index (χ0v) is 16.5. The molecule has 7 heteroatoms. The molecule has 2 saturated carbocycles. The highest BCUT2D eigenvalue weighted by molar-refractivity contribution is 6.04. The molecular formula is C22H24N4O3. The van der Waals surface area contributed by atoms with Crippen molar-refractivity contribution in [2.24, 2.45) is 11.3 Å². The van der Waals surface area contributed by atoms with E-state index in [4.69, 9.17) is 9.47 Å². The summed E-state index contributed by atoms with van der Waals surface area (Å²) in [5, 5.41) is 11.1. The molecule has 1 N–H and O–H groups in total. The second kappa shape index (κ2) is 7.29. The lowest BCUT2D eigenvalue weighted by Gasteiger charge is -2.29. The fourth-order valence-electron chi connectivity index (χ4n) is 3.32. The Morgan fingerprint density at radius 3 is 2.83 bits per heavy atom. The molecule has 150 valence electrons. The number of ether oxygens (including phenoxy) is 2. The summed E-state index contributed by atoms with van der Waals surface area (Å²) in [7, 11) is 0. The van der Waals surface area contributed by atoms with Crippen molar-refractivity contribution in [1.29, 1.82) is 0 Å². The highest BCUT2D eigenvalue weighted by Gasteiger charge is 2.47. The molecule has 0 unspecified atom stereocenters. The summed E-state index contributed by atoms with van der Waals surface area (Å²) in [6, 6.07) is 7.35. The number of carbonyl (C=O) groups excluding carboxylic acids is 1. The predicted octanol–water partition coefficient (Wildman–Crippen LogP) is 2.75. The number of hydrogen-bond donors (Lipinski definition) is 1. The Hall–Kier alpha value is -2.69. The molecule has 0 radical (unpaired) electrons. The van der Waals surface area contributed by atoms with Crippen LogP contribution in [0.3, 0.4) is 0 Å². The number of hydrogen-bond acceptors (Lipinski definition) is 5. The standard InChI is InChI=1S/C22H24N4O3/c1-15-20(24-25-26(15)12-19-28-13-22(9-10-22)14-29-19)23-21(27)18-4-2-3-17(11-18)8-7-16-5-6-16/h2-4,11,16,19H,5-6,9-10,12-14H2,1H3,(H,23,27). The van der Waals surface area contributed by atoms with Gasteiger partial charge < -0.3 is 14.8 Å². The fraction of sp³-hybridized carbons (Fsp3) is 0.500. The first kappa shape index (κ1) is 18.3. The van der Waals surface area contributed by atoms with Crippen LogP contribution in [-0.4, -0.2) is 40.4 Å². The molecule has 5 rings (SSSR count). The van der Waals surface area contributed by atoms with Crippen LogP contribution in [0.25, 0.3) is 0 Å². The van der Waals surface area contributed by atoms with Crippen molar-refractivity contribution in [2.45, 2.75) is 45.4 Å². The molecule has 2 aliphatic carbocycles. The quantitative estimate of drug-likeness (QED) is 0.810. The normalized spacial score (nSPS) is 20.2. The molecule has 1 saturated heterocycles. The lowest BCUT2D eigenvalue weighted by molar-refractivity contribution is -0.213. The highest BCUT2D eigenvalue weighted by Crippen LogP contribution is 2.48. The zero-order chi connectivity index (χ0) is 19.8. The number of nitrogens with zero attached hydrogens (tertiary/aromatic N) is 3. The Balaban J connectivity index is 1.22. The van der Waals surface area contributed by atoms with E-state index in [1.807, 2.05) is 25.1 Å². The predicted molar refractivity (Wildman–Crippen MR) is 106 cm³/mol. The SMILES string of the molecule is Cc1c(NC(=O)c2cccc(C#CC3CC3)c2)nnn1CC1OCC2(CC2)CO1. The van der Waals surface area contributed by atoms with Gasteiger partial charge in [0.2, 0.25) is 0 Å². The van der Waals surface area contributed by atoms with Crippen molar-refractivity contribution < 1.29 is 14.3 Å². The van der Waals surface area contributed by atoms with Crippen LogP contribution in [0, 0.1) is 30.1 Å². The minimum Gasteiger partial charge on any atom is -0.350 e. The third kappa shape index (κ3) is 4.19. The lowest BCUT2D eigenvalue weighted by atomic mass is 10.1. The average Bonchev–Trinajstić information content (AvgIpc) is 3.67. The summed E-state index contributed by atoms with van der Waals surface area (Å²) in [5.74, 6) is 7.11. The van der Waals surface area contributed by atoms with Crippen molar-refractivity contribution in [2.75, 3.05) is 18.5 Å². The third-order valence-corrected chi connectivity index (χ3v) is 5.77. The number of carbonyl (C=O) groups is 1. The van der Waals surface area contributed by atoms with E-state index in [0.29, 0.717) is 23.8 Å². The molecule has 3 fully saturated rings. The van der Waals surface area contributed by atoms with Crippen LogP contribution >= 0.6 is 0 Å². The molecule has 3 aliphatic rings. The molecular weight excluding hydrogens is 368 g/mol. The highest BCUT2D eigenvalue weighted by atomic mass is 16.7. The van der Waals surface area contributed by atoms with Gasteiger partial charge in [-0.1, -0.05) is 23.1 Å². The summed E-state index contributed by atoms with van der Waals surface area (Å²) in [5.41, 5.74) is 2.44. The molecule has 7 nitrogen and oxygen atoms in total. The van der Waals surface area contributed by atoms with Gasteiger partial charge in [-0.2, -0.15) is 0 Å². The maximum atomic E-state index is 12.7. The molecule has 0 atom stereocenters. The molecule has 0 bridgehead atoms. The van der Waals surface area contributed by atoms with E-state index in [1.54, 1.807) is 10.7 Å². The van der Waals surface area contributed by atoms with Crippen LogP contribution in [-0.2, 0) is 16.0 Å². The number of aromatic nitrogens is 3. The van der Waals surface area contributed by atoms with Gasteiger partial charge in [0.1, 0.15) is 0 Å². The first-order chi connectivity index (χ1) is 14.1. The number of benzene rings is 1. The van der Waals surface area contributed by atoms with Crippen LogP contribution in [0.4, 0.5) is 5.82 Å². The summed E-state index contributed by atoms with van der Waals surface area (Å²) >= 11 is 0. The molecule has 1 amide bonds. The van der Waals surface area contributed by atoms with E-state index in [9.17, 15) is 4.79 Å². The van der Waals surface area contributed by atoms with Gasteiger partial charge >= 0.3 is 0 Å². The molecule has 1 aliphatic heterocycles. The van der Waals surface area contributed by atoms with Crippen LogP contribution in [0.1, 0.15) is 47.3 Å². The van der Waals surface area contributed by atoms with Gasteiger partial charge in [-0.05, 0) is 50.8 Å². The van der Waals surface area contributed by atoms with Crippen molar-refractivity contribution in [3.05, 3.63) is 41.1 Å². The van der Waals surface area contributed by atoms with Crippen molar-refractivity contribution in [3.63, 3.8) is 0 Å². The summed E-state index contributed by atoms with van der Waals surface area (Å²) in [6.07, 6.45) is 4.41. The zero-order valence-electron chi connectivity index (χ0n) is 16.5. The first-order valence-electron chi connectivity index (χ1n) is 10.2. The van der Waals surface area contributed by atoms with E-state index in [-0.39, 0.29) is 17.6 Å². The number of anilines is 1. The topological polar surface area (TPSA) is 78.3 Å². The van der Waals surface area contributed by atoms with Gasteiger partial charge in [-0.25, -0.2) is 4.68 Å². The lowest BCUT2D eigenvalue weighted by Crippen LogP contribution is -2.36. The van der Waals surface area contributed by atoms with E-state index in [1.165, 1.54) is 25.7 Å². The maximum Gasteiger partial charge on any atom is 0.256 e. The summed E-state index contributed by atoms with van der Waals surface area (Å²) < 4.78 is 13.4. The van der Waals surface area contributed by atoms with Crippen molar-refractivity contribution in [1.82, 2.24) is 15.0 Å². The van der Waals surface area contributed by atoms with Gasteiger partial charge in [-0.15, -0.1) is 5.10 Å². The molecule has 2 heterocycles. The van der Waals surface area contributed by atoms with Crippen LogP contribution < -0.4 is 5.32 Å². The minimum absolute atomic E-state index is 0.226. The van der Waals surface area contributed by atoms with Gasteiger partial charge in [0, 0.05) is 22.5 Å². The van der Waals surface area contributed by atoms with E-state index >= 15 is 0 Å². The Kier molecular flexibility index (Phi) is 4.61. The minimum atomic E-state index is -0.327. The molecule has 1 spiro atoms. The Morgan fingerprint density at radius 2 is 2.10 bits per heavy atom. The third-order valence-electron chi connectivity index (χ3n) is 5.77. The Labute approximate surface area is 169 Å². The molecule has 1 aromatic heterocycles. The van der Waals surface area contributed by atoms with Crippen molar-refractivity contribution in [3.8, 4) is 11.8 Å². The van der Waals surface area contributed by atoms with Crippen LogP contribution in [0.5, 0.6) is 0 Å². The van der Waals surface area contributed by atoms with Gasteiger partial charge in [0.05, 0.1) is 25.5 Å². The summed E-state index contributed by atoms with van der Waals surface area (Å²) in [6.45, 7) is 3.82. The molecule has 29 heavy (non-hydrogen) atoms. The smallest absolute Gasteiger partial charge is 0.256 e. The van der Waals surface area contributed by atoms with Crippen LogP contribution in [0.2, 0.25) is 0 Å². The Morgan fingerprint density at radius 1 is 1.31 bits per heavy atom. The number of amides is 1. The molecule has 1 aromatic carbocycles. The second-order valence-electron chi connectivity index (χ2n) is 8.34. The van der Waals surface area contributed by atoms with Crippen LogP contribution in [0.15, 0.2) is 24.3 Å². The second-order valence-corrected chi connectivity index (χ2v) is 8.34. The average molecular weight is 392 g/mol. The maximum absolute atomic E-state index is 12.7. The Bertz CT molecular complexity index is 985. The monoisotopic (exact) mass is 392 g/mol. The first-order valence-corrected chi connectivity index (χ1v) is 10.2. The van der Waals surface area contributed by atoms with E-state index in [2.05, 4.69) is 27.5 Å². The summed E-state index contributed by atoms with van der Waals surface area (Å²) in [4.78, 5) is 12.7. The number of nitrogens with one attached hydrogen (secondary N) is 1. The number of rotatable bonds is 4. The van der Waals surface area contributed by atoms with Gasteiger partial charge in [0.25, 0.3) is 5.91 Å².